The highest BCUT2D eigenvalue weighted by molar-refractivity contribution is 7.89. The zero-order valence-corrected chi connectivity index (χ0v) is 19.9. The van der Waals surface area contributed by atoms with Crippen molar-refractivity contribution in [3.8, 4) is 0 Å². The summed E-state index contributed by atoms with van der Waals surface area (Å²) >= 11 is 0. The van der Waals surface area contributed by atoms with Crippen LogP contribution in [0.25, 0.3) is 0 Å². The Morgan fingerprint density at radius 2 is 1.85 bits per heavy atom. The Kier molecular flexibility index (Phi) is 7.45. The lowest BCUT2D eigenvalue weighted by Crippen LogP contribution is -2.52. The standard InChI is InChI=1S/C22H31N5O5S/c1-17-14-20(24-32-17)16-25-6-8-26(9-7-25)18(2)22(28)23-19-4-3-5-21(15-19)33(29,30)27-10-12-31-13-11-27/h3-5,14-15,18H,6-13,16H2,1-2H3,(H,23,28). The van der Waals surface area contributed by atoms with E-state index in [1.807, 2.05) is 19.9 Å². The Hall–Kier alpha value is -2.31. The maximum Gasteiger partial charge on any atom is 0.243 e. The van der Waals surface area contributed by atoms with E-state index in [0.29, 0.717) is 32.0 Å². The third-order valence-electron chi connectivity index (χ3n) is 6.11. The van der Waals surface area contributed by atoms with E-state index in [1.165, 1.54) is 10.4 Å². The minimum atomic E-state index is -3.62. The van der Waals surface area contributed by atoms with E-state index in [9.17, 15) is 13.2 Å². The van der Waals surface area contributed by atoms with Crippen molar-refractivity contribution in [2.45, 2.75) is 31.3 Å². The Balaban J connectivity index is 1.32. The average molecular weight is 478 g/mol. The van der Waals surface area contributed by atoms with Gasteiger partial charge in [-0.15, -0.1) is 0 Å². The molecule has 3 heterocycles. The van der Waals surface area contributed by atoms with Gasteiger partial charge in [0.1, 0.15) is 5.76 Å². The molecule has 0 saturated carbocycles. The Labute approximate surface area is 194 Å². The van der Waals surface area contributed by atoms with Crippen LogP contribution < -0.4 is 5.32 Å². The van der Waals surface area contributed by atoms with Gasteiger partial charge < -0.3 is 14.6 Å². The molecular weight excluding hydrogens is 446 g/mol. The second-order valence-electron chi connectivity index (χ2n) is 8.45. The van der Waals surface area contributed by atoms with E-state index in [1.54, 1.807) is 18.2 Å². The molecule has 33 heavy (non-hydrogen) atoms. The number of carbonyl (C=O) groups is 1. The van der Waals surface area contributed by atoms with Crippen molar-refractivity contribution in [2.24, 2.45) is 0 Å². The van der Waals surface area contributed by atoms with Gasteiger partial charge in [0.2, 0.25) is 15.9 Å². The molecule has 10 nitrogen and oxygen atoms in total. The lowest BCUT2D eigenvalue weighted by molar-refractivity contribution is -0.121. The van der Waals surface area contributed by atoms with Crippen LogP contribution in [0.1, 0.15) is 18.4 Å². The predicted molar refractivity (Wildman–Crippen MR) is 122 cm³/mol. The number of aromatic nitrogens is 1. The number of rotatable bonds is 7. The van der Waals surface area contributed by atoms with E-state index in [-0.39, 0.29) is 16.8 Å². The second-order valence-corrected chi connectivity index (χ2v) is 10.4. The molecule has 0 radical (unpaired) electrons. The molecule has 1 atom stereocenters. The number of morpholine rings is 1. The zero-order valence-electron chi connectivity index (χ0n) is 19.1. The van der Waals surface area contributed by atoms with Crippen LogP contribution in [0.4, 0.5) is 5.69 Å². The van der Waals surface area contributed by atoms with Gasteiger partial charge in [-0.2, -0.15) is 4.31 Å². The zero-order chi connectivity index (χ0) is 23.4. The summed E-state index contributed by atoms with van der Waals surface area (Å²) in [4.78, 5) is 17.5. The number of nitrogens with zero attached hydrogens (tertiary/aromatic N) is 4. The molecule has 11 heteroatoms. The van der Waals surface area contributed by atoms with Gasteiger partial charge in [-0.25, -0.2) is 8.42 Å². The van der Waals surface area contributed by atoms with Gasteiger partial charge in [0.25, 0.3) is 0 Å². The van der Waals surface area contributed by atoms with Crippen molar-refractivity contribution >= 4 is 21.6 Å². The summed E-state index contributed by atoms with van der Waals surface area (Å²) < 4.78 is 37.6. The molecule has 4 rings (SSSR count). The third-order valence-corrected chi connectivity index (χ3v) is 8.00. The monoisotopic (exact) mass is 477 g/mol. The van der Waals surface area contributed by atoms with Crippen LogP contribution in [0.5, 0.6) is 0 Å². The van der Waals surface area contributed by atoms with Gasteiger partial charge in [-0.3, -0.25) is 14.6 Å². The first-order valence-corrected chi connectivity index (χ1v) is 12.6. The van der Waals surface area contributed by atoms with E-state index in [2.05, 4.69) is 20.3 Å². The van der Waals surface area contributed by atoms with Gasteiger partial charge in [-0.1, -0.05) is 11.2 Å². The first-order chi connectivity index (χ1) is 15.8. The number of hydrogen-bond acceptors (Lipinski definition) is 8. The van der Waals surface area contributed by atoms with Gasteiger partial charge in [0, 0.05) is 57.6 Å². The molecule has 1 N–H and O–H groups in total. The summed E-state index contributed by atoms with van der Waals surface area (Å²) in [6.07, 6.45) is 0. The number of ether oxygens (including phenoxy) is 1. The molecular formula is C22H31N5O5S. The fraction of sp³-hybridized carbons (Fsp3) is 0.545. The molecule has 2 fully saturated rings. The Morgan fingerprint density at radius 3 is 2.52 bits per heavy atom. The van der Waals surface area contributed by atoms with Crippen molar-refractivity contribution in [1.29, 1.82) is 0 Å². The average Bonchev–Trinajstić information content (AvgIpc) is 3.24. The Bertz CT molecular complexity index is 1060. The molecule has 2 aliphatic rings. The number of piperazine rings is 1. The lowest BCUT2D eigenvalue weighted by Gasteiger charge is -2.37. The molecule has 2 aromatic rings. The van der Waals surface area contributed by atoms with Gasteiger partial charge >= 0.3 is 0 Å². The summed E-state index contributed by atoms with van der Waals surface area (Å²) in [6, 6.07) is 8.04. The fourth-order valence-corrected chi connectivity index (χ4v) is 5.57. The van der Waals surface area contributed by atoms with Crippen LogP contribution in [-0.2, 0) is 26.1 Å². The van der Waals surface area contributed by atoms with Crippen molar-refractivity contribution < 1.29 is 22.5 Å². The lowest BCUT2D eigenvalue weighted by atomic mass is 10.2. The number of hydrogen-bond donors (Lipinski definition) is 1. The number of aryl methyl sites for hydroxylation is 1. The molecule has 1 aromatic heterocycles. The van der Waals surface area contributed by atoms with Crippen molar-refractivity contribution in [3.05, 3.63) is 41.8 Å². The fourth-order valence-electron chi connectivity index (χ4n) is 4.11. The van der Waals surface area contributed by atoms with Crippen LogP contribution in [0.2, 0.25) is 0 Å². The van der Waals surface area contributed by atoms with E-state index < -0.39 is 10.0 Å². The smallest absolute Gasteiger partial charge is 0.243 e. The molecule has 0 spiro atoms. The van der Waals surface area contributed by atoms with Crippen molar-refractivity contribution in [3.63, 3.8) is 0 Å². The largest absolute Gasteiger partial charge is 0.379 e. The quantitative estimate of drug-likeness (QED) is 0.633. The molecule has 0 bridgehead atoms. The number of nitrogens with one attached hydrogen (secondary N) is 1. The highest BCUT2D eigenvalue weighted by Gasteiger charge is 2.28. The highest BCUT2D eigenvalue weighted by atomic mass is 32.2. The topological polar surface area (TPSA) is 108 Å². The van der Waals surface area contributed by atoms with Crippen LogP contribution in [0, 0.1) is 6.92 Å². The summed E-state index contributed by atoms with van der Waals surface area (Å²) in [5.41, 5.74) is 1.39. The summed E-state index contributed by atoms with van der Waals surface area (Å²) in [7, 11) is -3.62. The van der Waals surface area contributed by atoms with Gasteiger partial charge in [0.15, 0.2) is 0 Å². The summed E-state index contributed by atoms with van der Waals surface area (Å²) in [5, 5.41) is 6.93. The maximum absolute atomic E-state index is 12.9. The molecule has 2 aliphatic heterocycles. The van der Waals surface area contributed by atoms with Crippen LogP contribution in [-0.4, -0.2) is 92.1 Å². The van der Waals surface area contributed by atoms with Crippen LogP contribution in [0.3, 0.4) is 0 Å². The van der Waals surface area contributed by atoms with E-state index in [0.717, 1.165) is 44.2 Å². The summed E-state index contributed by atoms with van der Waals surface area (Å²) in [6.45, 7) is 9.11. The summed E-state index contributed by atoms with van der Waals surface area (Å²) in [5.74, 6) is 0.646. The first-order valence-electron chi connectivity index (χ1n) is 11.2. The van der Waals surface area contributed by atoms with Crippen molar-refractivity contribution in [1.82, 2.24) is 19.3 Å². The third kappa shape index (κ3) is 5.79. The molecule has 0 aliphatic carbocycles. The highest BCUT2D eigenvalue weighted by Crippen LogP contribution is 2.21. The van der Waals surface area contributed by atoms with E-state index in [4.69, 9.17) is 9.26 Å². The number of sulfonamides is 1. The normalized spacial score (nSPS) is 19.9. The predicted octanol–water partition coefficient (Wildman–Crippen LogP) is 1.15. The molecule has 1 amide bonds. The van der Waals surface area contributed by atoms with Crippen LogP contribution in [0.15, 0.2) is 39.8 Å². The number of anilines is 1. The van der Waals surface area contributed by atoms with Gasteiger partial charge in [-0.05, 0) is 32.0 Å². The van der Waals surface area contributed by atoms with Crippen LogP contribution >= 0.6 is 0 Å². The van der Waals surface area contributed by atoms with E-state index >= 15 is 0 Å². The first kappa shape index (κ1) is 23.8. The maximum atomic E-state index is 12.9. The number of benzene rings is 1. The minimum Gasteiger partial charge on any atom is -0.379 e. The van der Waals surface area contributed by atoms with Crippen molar-refractivity contribution in [2.75, 3.05) is 57.8 Å². The molecule has 1 aromatic carbocycles. The van der Waals surface area contributed by atoms with Gasteiger partial charge in [0.05, 0.1) is 29.8 Å². The molecule has 2 saturated heterocycles. The number of amides is 1. The number of carbonyl (C=O) groups excluding carboxylic acids is 1. The SMILES string of the molecule is Cc1cc(CN2CCN(C(C)C(=O)Nc3cccc(S(=O)(=O)N4CCOCC4)c3)CC2)no1. The second kappa shape index (κ2) is 10.3. The minimum absolute atomic E-state index is 0.156. The Morgan fingerprint density at radius 1 is 1.12 bits per heavy atom. The molecule has 1 unspecified atom stereocenters. The molecule has 180 valence electrons.